The number of nitriles is 1. The number of thiophene rings is 1. The highest BCUT2D eigenvalue weighted by Gasteiger charge is 2.47. The number of aryl methyl sites for hydroxylation is 1. The number of carbonyl (C=O) groups is 3. The van der Waals surface area contributed by atoms with Gasteiger partial charge in [-0.2, -0.15) is 15.2 Å². The summed E-state index contributed by atoms with van der Waals surface area (Å²) in [7, 11) is 1.00. The molecule has 6 aliphatic rings. The second-order valence-corrected chi connectivity index (χ2v) is 22.8. The molecule has 12 rings (SSSR count). The number of rotatable bonds is 13. The highest BCUT2D eigenvalue weighted by atomic mass is 35.5. The van der Waals surface area contributed by atoms with Gasteiger partial charge in [0.1, 0.15) is 53.8 Å². The minimum Gasteiger partial charge on any atom is -0.489 e. The number of pyridine rings is 1. The third kappa shape index (κ3) is 9.17. The number of esters is 1. The number of amides is 2. The molecule has 9 heterocycles. The number of hydrogen-bond acceptors (Lipinski definition) is 15. The van der Waals surface area contributed by atoms with Gasteiger partial charge in [0.2, 0.25) is 6.41 Å². The van der Waals surface area contributed by atoms with Gasteiger partial charge in [0.25, 0.3) is 5.91 Å². The van der Waals surface area contributed by atoms with Crippen LogP contribution in [0.4, 0.5) is 19.6 Å². The number of halogens is 3. The highest BCUT2D eigenvalue weighted by Crippen LogP contribution is 2.48. The van der Waals surface area contributed by atoms with Crippen molar-refractivity contribution in [2.75, 3.05) is 63.7 Å². The van der Waals surface area contributed by atoms with Gasteiger partial charge in [0, 0.05) is 47.5 Å². The molecule has 20 heteroatoms. The van der Waals surface area contributed by atoms with Gasteiger partial charge in [0.05, 0.1) is 67.9 Å². The van der Waals surface area contributed by atoms with Crippen LogP contribution in [0.25, 0.3) is 48.7 Å². The lowest BCUT2D eigenvalue weighted by Gasteiger charge is -2.42. The van der Waals surface area contributed by atoms with E-state index in [1.807, 2.05) is 49.9 Å². The summed E-state index contributed by atoms with van der Waals surface area (Å²) in [6.07, 6.45) is 11.3. The molecule has 3 atom stereocenters. The lowest BCUT2D eigenvalue weighted by atomic mass is 9.89. The molecule has 16 nitrogen and oxygen atoms in total. The maximum Gasteiger partial charge on any atom is 0.319 e. The number of aliphatic hydroxyl groups is 1. The highest BCUT2D eigenvalue weighted by molar-refractivity contribution is 7.23. The normalized spacial score (nSPS) is 21.1. The monoisotopic (exact) mass is 1130 g/mol. The van der Waals surface area contributed by atoms with Crippen LogP contribution in [0.1, 0.15) is 95.0 Å². The fourth-order valence-corrected chi connectivity index (χ4v) is 14.5. The molecule has 3 aromatic carbocycles. The van der Waals surface area contributed by atoms with E-state index in [2.05, 4.69) is 22.8 Å². The standard InChI is InChI=1S/C59H58ClF2N9O6S.CH4O/c1-5-32(28-75-35-12-15-46-40(20-35)36(6-2)43-26-69(30-72)47(51(43)65-46)22-39-31(4)27-76-57(74)37(39)7-3)56(73)71-33-10-11-34(71)25-68(24-33)55-41-21-44(60)49(38-13-14-45(61)53-48(38)42(23-63)54(64)78-53)50(62)52(41)66-58(67-55)77-29-59-16-8-18-70(59)19-9-17-59;1-2/h5,12-15,20-22,30,33-34,37H,6-11,16-19,24-29,64H2,1-4H3;2H,1H3/b32-5+,47-22-;. The summed E-state index contributed by atoms with van der Waals surface area (Å²) < 4.78 is 51.3. The van der Waals surface area contributed by atoms with Gasteiger partial charge < -0.3 is 39.8 Å². The Hall–Kier alpha value is -7.24. The Balaban J connectivity index is 0.00000334. The van der Waals surface area contributed by atoms with Gasteiger partial charge in [-0.15, -0.1) is 11.3 Å². The van der Waals surface area contributed by atoms with Gasteiger partial charge in [-0.25, -0.2) is 13.8 Å². The smallest absolute Gasteiger partial charge is 0.319 e. The zero-order chi connectivity index (χ0) is 56.3. The zero-order valence-electron chi connectivity index (χ0n) is 45.3. The Morgan fingerprint density at radius 2 is 1.80 bits per heavy atom. The third-order valence-corrected chi connectivity index (χ3v) is 18.5. The molecule has 3 unspecified atom stereocenters. The van der Waals surface area contributed by atoms with Crippen LogP contribution in [-0.4, -0.2) is 124 Å². The van der Waals surface area contributed by atoms with E-state index in [1.165, 1.54) is 12.1 Å². The molecular formula is C60H62ClF2N9O7S. The minimum absolute atomic E-state index is 0.0190. The van der Waals surface area contributed by atoms with Gasteiger partial charge in [0.15, 0.2) is 5.82 Å². The van der Waals surface area contributed by atoms with Crippen molar-refractivity contribution in [3.63, 3.8) is 0 Å². The van der Waals surface area contributed by atoms with Crippen molar-refractivity contribution in [1.82, 2.24) is 29.7 Å². The number of hydrogen-bond donors (Lipinski definition) is 2. The summed E-state index contributed by atoms with van der Waals surface area (Å²) in [6, 6.07) is 11.6. The number of nitrogen functional groups attached to an aromatic ring is 1. The Kier molecular flexibility index (Phi) is 15.1. The van der Waals surface area contributed by atoms with E-state index in [9.17, 15) is 19.6 Å². The number of carbonyl (C=O) groups excluding carboxylic acids is 3. The fourth-order valence-electron chi connectivity index (χ4n) is 13.3. The Morgan fingerprint density at radius 3 is 2.49 bits per heavy atom. The summed E-state index contributed by atoms with van der Waals surface area (Å²) in [4.78, 5) is 63.0. The van der Waals surface area contributed by atoms with E-state index >= 15 is 8.78 Å². The molecule has 2 amide bonds. The summed E-state index contributed by atoms with van der Waals surface area (Å²) >= 11 is 8.00. The summed E-state index contributed by atoms with van der Waals surface area (Å²) in [5.41, 5.74) is 12.6. The lowest BCUT2D eigenvalue weighted by molar-refractivity contribution is -0.147. The van der Waals surface area contributed by atoms with Crippen molar-refractivity contribution in [3.05, 3.63) is 104 Å². The maximum atomic E-state index is 17.6. The number of allylic oxidation sites excluding steroid dienone is 2. The first-order valence-corrected chi connectivity index (χ1v) is 28.5. The van der Waals surface area contributed by atoms with Crippen molar-refractivity contribution in [1.29, 1.82) is 5.26 Å². The number of nitrogens with zero attached hydrogens (tertiary/aromatic N) is 8. The number of piperazine rings is 1. The van der Waals surface area contributed by atoms with E-state index in [4.69, 9.17) is 51.6 Å². The van der Waals surface area contributed by atoms with Gasteiger partial charge in [-0.1, -0.05) is 37.6 Å². The number of cyclic esters (lactones) is 1. The third-order valence-electron chi connectivity index (χ3n) is 17.2. The van der Waals surface area contributed by atoms with Crippen LogP contribution in [0.3, 0.4) is 0 Å². The fraction of sp³-hybridized carbons (Fsp3) is 0.417. The average Bonchev–Trinajstić information content (AvgIpc) is 4.28. The first-order chi connectivity index (χ1) is 38.8. The van der Waals surface area contributed by atoms with E-state index in [0.717, 1.165) is 110 Å². The summed E-state index contributed by atoms with van der Waals surface area (Å²) in [5.74, 6) is -1.18. The van der Waals surface area contributed by atoms with E-state index < -0.39 is 17.6 Å². The predicted molar refractivity (Wildman–Crippen MR) is 304 cm³/mol. The molecule has 0 aliphatic carbocycles. The number of benzene rings is 3. The van der Waals surface area contributed by atoms with Crippen molar-refractivity contribution >= 4 is 89.6 Å². The van der Waals surface area contributed by atoms with Crippen molar-refractivity contribution in [2.24, 2.45) is 5.92 Å². The summed E-state index contributed by atoms with van der Waals surface area (Å²) in [5, 5.41) is 18.7. The summed E-state index contributed by atoms with van der Waals surface area (Å²) in [6.45, 7) is 11.5. The molecule has 6 aromatic rings. The second kappa shape index (κ2) is 22.0. The number of ether oxygens (including phenoxy) is 3. The van der Waals surface area contributed by atoms with Gasteiger partial charge in [-0.3, -0.25) is 19.3 Å². The number of anilines is 2. The number of aliphatic hydroxyl groups excluding tert-OH is 1. The van der Waals surface area contributed by atoms with Crippen LogP contribution in [0, 0.1) is 28.9 Å². The molecule has 0 radical (unpaired) electrons. The van der Waals surface area contributed by atoms with Crippen molar-refractivity contribution in [3.8, 4) is 29.0 Å². The largest absolute Gasteiger partial charge is 0.489 e. The van der Waals surface area contributed by atoms with Crippen LogP contribution < -0.4 is 20.1 Å². The first kappa shape index (κ1) is 54.7. The quantitative estimate of drug-likeness (QED) is 0.0629. The molecule has 416 valence electrons. The lowest BCUT2D eigenvalue weighted by Crippen LogP contribution is -2.56. The molecule has 6 aliphatic heterocycles. The van der Waals surface area contributed by atoms with Crippen LogP contribution in [0.2, 0.25) is 5.02 Å². The van der Waals surface area contributed by atoms with Crippen LogP contribution in [0.5, 0.6) is 11.8 Å². The molecule has 2 bridgehead atoms. The van der Waals surface area contributed by atoms with Gasteiger partial charge >= 0.3 is 12.0 Å². The SMILES string of the molecule is C/C=C(\COc1ccc2nc3c(c(CC)c2c1)CN(C=O)/C3=C\C1=C(C)COC(=O)C1CC)C(=O)N1C2CCC1CN(c1nc(OCC34CCCN3CCC4)nc3c(F)c(-c4ccc(F)c5sc(N)c(C#N)c45)c(Cl)cc13)C2.CO. The first-order valence-electron chi connectivity index (χ1n) is 27.3. The predicted octanol–water partition coefficient (Wildman–Crippen LogP) is 10.0. The molecule has 3 aromatic heterocycles. The molecule has 4 saturated heterocycles. The Labute approximate surface area is 471 Å². The second-order valence-electron chi connectivity index (χ2n) is 21.4. The minimum atomic E-state index is -0.768. The van der Waals surface area contributed by atoms with E-state index in [1.54, 1.807) is 17.0 Å². The molecular weight excluding hydrogens is 1060 g/mol. The molecule has 3 N–H and O–H groups in total. The van der Waals surface area contributed by atoms with Crippen LogP contribution in [-0.2, 0) is 32.1 Å². The van der Waals surface area contributed by atoms with Crippen molar-refractivity contribution < 1.29 is 42.5 Å². The van der Waals surface area contributed by atoms with Gasteiger partial charge in [-0.05, 0) is 137 Å². The van der Waals surface area contributed by atoms with Crippen molar-refractivity contribution in [2.45, 2.75) is 103 Å². The number of nitrogens with two attached hydrogens (primary N) is 1. The topological polar surface area (TPSA) is 201 Å². The molecule has 80 heavy (non-hydrogen) atoms. The Morgan fingerprint density at radius 1 is 1.05 bits per heavy atom. The van der Waals surface area contributed by atoms with E-state index in [0.29, 0.717) is 73.0 Å². The number of aromatic nitrogens is 3. The maximum absolute atomic E-state index is 17.6. The molecule has 0 saturated carbocycles. The average molecular weight is 1130 g/mol. The van der Waals surface area contributed by atoms with Crippen LogP contribution in [0.15, 0.2) is 65.3 Å². The zero-order valence-corrected chi connectivity index (χ0v) is 46.9. The Bertz CT molecular complexity index is 3670. The van der Waals surface area contributed by atoms with Crippen LogP contribution >= 0.6 is 22.9 Å². The molecule has 0 spiro atoms. The van der Waals surface area contributed by atoms with E-state index in [-0.39, 0.29) is 91.0 Å². The number of fused-ring (bicyclic) bond motifs is 7. The molecule has 4 fully saturated rings.